The summed E-state index contributed by atoms with van der Waals surface area (Å²) in [7, 11) is 0. The van der Waals surface area contributed by atoms with Crippen LogP contribution in [0.5, 0.6) is 0 Å². The van der Waals surface area contributed by atoms with Gasteiger partial charge in [0.05, 0.1) is 0 Å². The predicted octanol–water partition coefficient (Wildman–Crippen LogP) is 12.7. The average Bonchev–Trinajstić information content (AvgIpc) is 3.62. The van der Waals surface area contributed by atoms with E-state index < -0.39 is 0 Å². The smallest absolute Gasteiger partial charge is 0.0101 e. The van der Waals surface area contributed by atoms with Crippen LogP contribution in [0.2, 0.25) is 0 Å². The van der Waals surface area contributed by atoms with Gasteiger partial charge in [0.25, 0.3) is 0 Å². The molecule has 0 saturated heterocycles. The van der Waals surface area contributed by atoms with Crippen LogP contribution in [-0.2, 0) is 0 Å². The fourth-order valence-electron chi connectivity index (χ4n) is 9.18. The number of allylic oxidation sites excluding steroid dienone is 2. The van der Waals surface area contributed by atoms with Crippen LogP contribution in [0.4, 0.5) is 0 Å². The van der Waals surface area contributed by atoms with Crippen LogP contribution in [0, 0.1) is 5.92 Å². The lowest BCUT2D eigenvalue weighted by molar-refractivity contribution is 0.376. The topological polar surface area (TPSA) is 0 Å². The Hall–Kier alpha value is -4.68. The van der Waals surface area contributed by atoms with Gasteiger partial charge in [-0.2, -0.15) is 0 Å². The molecule has 0 amide bonds. The lowest BCUT2D eigenvalue weighted by Gasteiger charge is -2.34. The highest BCUT2D eigenvalue weighted by molar-refractivity contribution is 6.02. The summed E-state index contributed by atoms with van der Waals surface area (Å²) in [6.07, 6.45) is 4.46. The van der Waals surface area contributed by atoms with Gasteiger partial charge in [-0.15, -0.1) is 0 Å². The summed E-state index contributed by atoms with van der Waals surface area (Å²) in [5.74, 6) is 1.22. The van der Waals surface area contributed by atoms with Gasteiger partial charge < -0.3 is 0 Å². The van der Waals surface area contributed by atoms with Crippen LogP contribution < -0.4 is 0 Å². The minimum Gasteiger partial charge on any atom is -0.0654 e. The maximum absolute atomic E-state index is 2.44. The summed E-state index contributed by atoms with van der Waals surface area (Å²) in [5, 5.41) is 5.34. The van der Waals surface area contributed by atoms with E-state index in [1.54, 1.807) is 11.1 Å². The molecule has 0 fully saturated rings. The Bertz CT molecular complexity index is 1990. The van der Waals surface area contributed by atoms with Gasteiger partial charge in [0.1, 0.15) is 0 Å². The van der Waals surface area contributed by atoms with Crippen molar-refractivity contribution in [1.82, 2.24) is 0 Å². The molecule has 0 N–H and O–H groups in total. The molecule has 0 heterocycles. The van der Waals surface area contributed by atoms with Crippen molar-refractivity contribution in [2.45, 2.75) is 58.3 Å². The molecule has 0 bridgehead atoms. The molecule has 0 aliphatic heterocycles. The summed E-state index contributed by atoms with van der Waals surface area (Å²) in [5.41, 5.74) is 14.9. The van der Waals surface area contributed by atoms with Crippen LogP contribution in [0.15, 0.2) is 145 Å². The summed E-state index contributed by atoms with van der Waals surface area (Å²) >= 11 is 0. The van der Waals surface area contributed by atoms with Crippen molar-refractivity contribution < 1.29 is 0 Å². The van der Waals surface area contributed by atoms with Crippen LogP contribution in [0.1, 0.15) is 91.7 Å². The molecule has 0 heteroatoms. The Labute approximate surface area is 274 Å². The van der Waals surface area contributed by atoms with Gasteiger partial charge >= 0.3 is 0 Å². The predicted molar refractivity (Wildman–Crippen MR) is 197 cm³/mol. The molecule has 0 aromatic heterocycles. The molecule has 6 aromatic carbocycles. The minimum atomic E-state index is 0.376. The molecule has 8 rings (SSSR count). The zero-order valence-corrected chi connectivity index (χ0v) is 27.3. The van der Waals surface area contributed by atoms with E-state index in [-0.39, 0.29) is 0 Å². The van der Waals surface area contributed by atoms with E-state index in [2.05, 4.69) is 154 Å². The summed E-state index contributed by atoms with van der Waals surface area (Å²) in [6, 6.07) is 50.3. The molecule has 6 aromatic rings. The fourth-order valence-corrected chi connectivity index (χ4v) is 9.18. The van der Waals surface area contributed by atoms with Gasteiger partial charge in [-0.1, -0.05) is 172 Å². The molecule has 46 heavy (non-hydrogen) atoms. The van der Waals surface area contributed by atoms with Gasteiger partial charge in [0.2, 0.25) is 0 Å². The first-order valence-corrected chi connectivity index (χ1v) is 17.4. The molecule has 2 atom stereocenters. The summed E-state index contributed by atoms with van der Waals surface area (Å²) < 4.78 is 0. The molecule has 0 nitrogen and oxygen atoms in total. The molecular formula is C46H42. The Morgan fingerprint density at radius 3 is 1.28 bits per heavy atom. The molecule has 2 aliphatic rings. The quantitative estimate of drug-likeness (QED) is 0.164. The van der Waals surface area contributed by atoms with Crippen molar-refractivity contribution in [2.24, 2.45) is 5.92 Å². The third kappa shape index (κ3) is 4.42. The van der Waals surface area contributed by atoms with Gasteiger partial charge in [-0.3, -0.25) is 0 Å². The standard InChI is InChI=1S/C46H42/c1-4-17-42(45-32(5-2)43(38-24-11-13-26-40(38)45)36-28-15-20-30-18-7-9-22-34(30)36)46-33(6-3)44(39-25-12-14-27-41(39)46)37-29-16-21-31-19-8-10-23-35(31)37/h7-16,18-29,42,45-46H,4-6,17H2,1-3H3. The second-order valence-corrected chi connectivity index (χ2v) is 13.1. The Kier molecular flexibility index (Phi) is 7.45. The van der Waals surface area contributed by atoms with Crippen molar-refractivity contribution >= 4 is 32.7 Å². The highest BCUT2D eigenvalue weighted by atomic mass is 14.5. The molecule has 0 radical (unpaired) electrons. The SMILES string of the molecule is CCCC(C1C(CC)=C(c2cccc3ccccc23)c2ccccc21)C1C(CC)=C(c2cccc3ccccc23)c2ccccc21. The number of benzene rings is 6. The number of hydrogen-bond acceptors (Lipinski definition) is 0. The molecule has 0 saturated carbocycles. The molecular weight excluding hydrogens is 553 g/mol. The van der Waals surface area contributed by atoms with Crippen LogP contribution >= 0.6 is 0 Å². The average molecular weight is 595 g/mol. The highest BCUT2D eigenvalue weighted by Gasteiger charge is 2.44. The van der Waals surface area contributed by atoms with Crippen LogP contribution in [0.25, 0.3) is 32.7 Å². The maximum Gasteiger partial charge on any atom is 0.0101 e. The second-order valence-electron chi connectivity index (χ2n) is 13.1. The fraction of sp³-hybridized carbons (Fsp3) is 0.217. The number of hydrogen-bond donors (Lipinski definition) is 0. The first-order chi connectivity index (χ1) is 22.7. The van der Waals surface area contributed by atoms with E-state index in [9.17, 15) is 0 Å². The highest BCUT2D eigenvalue weighted by Crippen LogP contribution is 2.59. The van der Waals surface area contributed by atoms with Crippen LogP contribution in [-0.4, -0.2) is 0 Å². The molecule has 226 valence electrons. The first kappa shape index (κ1) is 28.8. The van der Waals surface area contributed by atoms with Gasteiger partial charge in [0, 0.05) is 11.8 Å². The first-order valence-electron chi connectivity index (χ1n) is 17.4. The summed E-state index contributed by atoms with van der Waals surface area (Å²) in [4.78, 5) is 0. The third-order valence-electron chi connectivity index (χ3n) is 10.9. The van der Waals surface area contributed by atoms with E-state index in [1.807, 2.05) is 0 Å². The van der Waals surface area contributed by atoms with Crippen molar-refractivity contribution in [3.8, 4) is 0 Å². The van der Waals surface area contributed by atoms with E-state index in [1.165, 1.54) is 78.9 Å². The van der Waals surface area contributed by atoms with Crippen molar-refractivity contribution in [3.05, 3.63) is 178 Å². The van der Waals surface area contributed by atoms with Gasteiger partial charge in [-0.25, -0.2) is 0 Å². The third-order valence-corrected chi connectivity index (χ3v) is 10.9. The Balaban J connectivity index is 1.38. The molecule has 2 unspecified atom stereocenters. The van der Waals surface area contributed by atoms with Crippen molar-refractivity contribution in [3.63, 3.8) is 0 Å². The number of rotatable bonds is 8. The van der Waals surface area contributed by atoms with Crippen LogP contribution in [0.3, 0.4) is 0 Å². The van der Waals surface area contributed by atoms with Gasteiger partial charge in [0.15, 0.2) is 0 Å². The lowest BCUT2D eigenvalue weighted by Crippen LogP contribution is -2.22. The lowest BCUT2D eigenvalue weighted by atomic mass is 9.69. The van der Waals surface area contributed by atoms with Crippen molar-refractivity contribution in [1.29, 1.82) is 0 Å². The van der Waals surface area contributed by atoms with E-state index >= 15 is 0 Å². The second kappa shape index (κ2) is 11.9. The summed E-state index contributed by atoms with van der Waals surface area (Å²) in [6.45, 7) is 7.17. The maximum atomic E-state index is 2.44. The zero-order valence-electron chi connectivity index (χ0n) is 27.3. The normalized spacial score (nSPS) is 18.0. The number of fused-ring (bicyclic) bond motifs is 4. The monoisotopic (exact) mass is 594 g/mol. The minimum absolute atomic E-state index is 0.376. The van der Waals surface area contributed by atoms with Crippen molar-refractivity contribution in [2.75, 3.05) is 0 Å². The molecule has 0 spiro atoms. The molecule has 2 aliphatic carbocycles. The van der Waals surface area contributed by atoms with E-state index in [0.717, 1.165) is 12.8 Å². The van der Waals surface area contributed by atoms with Gasteiger partial charge in [-0.05, 0) is 91.3 Å². The zero-order chi connectivity index (χ0) is 31.2. The van der Waals surface area contributed by atoms with E-state index in [0.29, 0.717) is 17.8 Å². The van der Waals surface area contributed by atoms with E-state index in [4.69, 9.17) is 0 Å². The Morgan fingerprint density at radius 2 is 0.826 bits per heavy atom. The Morgan fingerprint density at radius 1 is 0.435 bits per heavy atom. The largest absolute Gasteiger partial charge is 0.0654 e.